The molecule has 0 aromatic heterocycles. The number of hydrazine groups is 1. The van der Waals surface area contributed by atoms with Crippen molar-refractivity contribution in [2.45, 2.75) is 25.4 Å². The van der Waals surface area contributed by atoms with E-state index >= 15 is 0 Å². The Morgan fingerprint density at radius 3 is 2.84 bits per heavy atom. The third-order valence-electron chi connectivity index (χ3n) is 3.41. The van der Waals surface area contributed by atoms with Crippen molar-refractivity contribution in [1.29, 1.82) is 0 Å². The zero-order valence-corrected chi connectivity index (χ0v) is 11.3. The summed E-state index contributed by atoms with van der Waals surface area (Å²) in [6.45, 7) is 2.36. The standard InChI is InChI=1S/C14H21N3O2/c1-19-9-8-17(12-6-7-12)10-11-4-2-3-5-13(11)14(18)16-15/h2-5,12H,6-10,15H2,1H3,(H,16,18). The molecule has 2 rings (SSSR count). The monoisotopic (exact) mass is 263 g/mol. The molecule has 1 saturated carbocycles. The fraction of sp³-hybridized carbons (Fsp3) is 0.500. The zero-order valence-electron chi connectivity index (χ0n) is 11.3. The Hall–Kier alpha value is -1.43. The number of amides is 1. The van der Waals surface area contributed by atoms with Crippen LogP contribution in [0.3, 0.4) is 0 Å². The van der Waals surface area contributed by atoms with Crippen molar-refractivity contribution in [3.8, 4) is 0 Å². The second kappa shape index (κ2) is 6.65. The Balaban J connectivity index is 2.09. The van der Waals surface area contributed by atoms with Crippen LogP contribution < -0.4 is 11.3 Å². The number of benzene rings is 1. The first-order valence-electron chi connectivity index (χ1n) is 6.58. The lowest BCUT2D eigenvalue weighted by Crippen LogP contribution is -2.33. The van der Waals surface area contributed by atoms with Crippen molar-refractivity contribution in [1.82, 2.24) is 10.3 Å². The van der Waals surface area contributed by atoms with E-state index < -0.39 is 0 Å². The molecule has 19 heavy (non-hydrogen) atoms. The third-order valence-corrected chi connectivity index (χ3v) is 3.41. The molecule has 1 fully saturated rings. The maximum absolute atomic E-state index is 11.7. The minimum Gasteiger partial charge on any atom is -0.383 e. The molecule has 0 aliphatic heterocycles. The molecular formula is C14H21N3O2. The molecular weight excluding hydrogens is 242 g/mol. The highest BCUT2D eigenvalue weighted by Gasteiger charge is 2.29. The number of carbonyl (C=O) groups excluding carboxylic acids is 1. The predicted octanol–water partition coefficient (Wildman–Crippen LogP) is 0.901. The number of nitrogens with zero attached hydrogens (tertiary/aromatic N) is 1. The van der Waals surface area contributed by atoms with E-state index in [4.69, 9.17) is 10.6 Å². The number of nitrogens with two attached hydrogens (primary N) is 1. The quantitative estimate of drug-likeness (QED) is 0.436. The number of ether oxygens (including phenoxy) is 1. The van der Waals surface area contributed by atoms with Crippen molar-refractivity contribution in [2.24, 2.45) is 5.84 Å². The van der Waals surface area contributed by atoms with Gasteiger partial charge in [0.1, 0.15) is 0 Å². The van der Waals surface area contributed by atoms with E-state index in [1.807, 2.05) is 18.2 Å². The zero-order chi connectivity index (χ0) is 13.7. The molecule has 1 aromatic rings. The van der Waals surface area contributed by atoms with Crippen LogP contribution in [0.1, 0.15) is 28.8 Å². The minimum atomic E-state index is -0.238. The maximum Gasteiger partial charge on any atom is 0.265 e. The van der Waals surface area contributed by atoms with Crippen molar-refractivity contribution in [3.05, 3.63) is 35.4 Å². The molecule has 0 unspecified atom stereocenters. The molecule has 1 amide bonds. The Bertz CT molecular complexity index is 432. The fourth-order valence-electron chi connectivity index (χ4n) is 2.22. The van der Waals surface area contributed by atoms with Gasteiger partial charge in [0, 0.05) is 31.8 Å². The summed E-state index contributed by atoms with van der Waals surface area (Å²) in [5.74, 6) is 4.99. The summed E-state index contributed by atoms with van der Waals surface area (Å²) < 4.78 is 5.15. The lowest BCUT2D eigenvalue weighted by molar-refractivity contribution is 0.0950. The molecule has 1 aliphatic carbocycles. The Labute approximate surface area is 113 Å². The second-order valence-corrected chi connectivity index (χ2v) is 4.83. The van der Waals surface area contributed by atoms with E-state index in [9.17, 15) is 4.79 Å². The summed E-state index contributed by atoms with van der Waals surface area (Å²) in [7, 11) is 1.71. The Kier molecular flexibility index (Phi) is 4.90. The summed E-state index contributed by atoms with van der Waals surface area (Å²) in [4.78, 5) is 14.1. The van der Waals surface area contributed by atoms with Gasteiger partial charge in [0.25, 0.3) is 5.91 Å². The fourth-order valence-corrected chi connectivity index (χ4v) is 2.22. The summed E-state index contributed by atoms with van der Waals surface area (Å²) in [6.07, 6.45) is 2.46. The molecule has 5 heteroatoms. The van der Waals surface area contributed by atoms with Crippen LogP contribution in [0.4, 0.5) is 0 Å². The number of rotatable bonds is 7. The summed E-state index contributed by atoms with van der Waals surface area (Å²) in [6, 6.07) is 8.21. The van der Waals surface area contributed by atoms with E-state index in [1.54, 1.807) is 13.2 Å². The molecule has 0 atom stereocenters. The lowest BCUT2D eigenvalue weighted by Gasteiger charge is -2.22. The van der Waals surface area contributed by atoms with Crippen LogP contribution >= 0.6 is 0 Å². The van der Waals surface area contributed by atoms with Gasteiger partial charge in [0.05, 0.1) is 6.61 Å². The molecule has 0 heterocycles. The first kappa shape index (κ1) is 14.0. The molecule has 1 aromatic carbocycles. The second-order valence-electron chi connectivity index (χ2n) is 4.83. The Morgan fingerprint density at radius 2 is 2.21 bits per heavy atom. The molecule has 0 spiro atoms. The first-order valence-corrected chi connectivity index (χ1v) is 6.58. The maximum atomic E-state index is 11.7. The average Bonchev–Trinajstić information content (AvgIpc) is 3.27. The molecule has 0 bridgehead atoms. The van der Waals surface area contributed by atoms with E-state index in [2.05, 4.69) is 10.3 Å². The van der Waals surface area contributed by atoms with Gasteiger partial charge in [-0.3, -0.25) is 15.1 Å². The largest absolute Gasteiger partial charge is 0.383 e. The van der Waals surface area contributed by atoms with E-state index in [1.165, 1.54) is 12.8 Å². The van der Waals surface area contributed by atoms with Gasteiger partial charge in [0.2, 0.25) is 0 Å². The molecule has 1 aliphatic rings. The van der Waals surface area contributed by atoms with Crippen LogP contribution in [0.5, 0.6) is 0 Å². The number of hydrogen-bond donors (Lipinski definition) is 2. The lowest BCUT2D eigenvalue weighted by atomic mass is 10.1. The molecule has 0 radical (unpaired) electrons. The molecule has 104 valence electrons. The van der Waals surface area contributed by atoms with Gasteiger partial charge in [-0.2, -0.15) is 0 Å². The van der Waals surface area contributed by atoms with Gasteiger partial charge in [-0.25, -0.2) is 5.84 Å². The smallest absolute Gasteiger partial charge is 0.265 e. The highest BCUT2D eigenvalue weighted by molar-refractivity contribution is 5.95. The number of nitrogens with one attached hydrogen (secondary N) is 1. The van der Waals surface area contributed by atoms with Crippen molar-refractivity contribution in [3.63, 3.8) is 0 Å². The van der Waals surface area contributed by atoms with Gasteiger partial charge >= 0.3 is 0 Å². The van der Waals surface area contributed by atoms with Crippen molar-refractivity contribution in [2.75, 3.05) is 20.3 Å². The van der Waals surface area contributed by atoms with E-state index in [0.717, 1.165) is 18.7 Å². The van der Waals surface area contributed by atoms with Gasteiger partial charge in [-0.05, 0) is 24.5 Å². The van der Waals surface area contributed by atoms with Gasteiger partial charge in [-0.15, -0.1) is 0 Å². The minimum absolute atomic E-state index is 0.238. The predicted molar refractivity (Wildman–Crippen MR) is 73.4 cm³/mol. The normalized spacial score (nSPS) is 14.7. The van der Waals surface area contributed by atoms with Gasteiger partial charge < -0.3 is 4.74 Å². The number of hydrogen-bond acceptors (Lipinski definition) is 4. The van der Waals surface area contributed by atoms with E-state index in [-0.39, 0.29) is 5.91 Å². The molecule has 3 N–H and O–H groups in total. The van der Waals surface area contributed by atoms with E-state index in [0.29, 0.717) is 18.2 Å². The van der Waals surface area contributed by atoms with Crippen LogP contribution in [-0.2, 0) is 11.3 Å². The van der Waals surface area contributed by atoms with Crippen molar-refractivity contribution >= 4 is 5.91 Å². The summed E-state index contributed by atoms with van der Waals surface area (Å²) in [5.41, 5.74) is 3.85. The first-order chi connectivity index (χ1) is 9.26. The van der Waals surface area contributed by atoms with Gasteiger partial charge in [-0.1, -0.05) is 18.2 Å². The van der Waals surface area contributed by atoms with Crippen LogP contribution in [0, 0.1) is 0 Å². The Morgan fingerprint density at radius 1 is 1.47 bits per heavy atom. The molecule has 0 saturated heterocycles. The topological polar surface area (TPSA) is 67.6 Å². The van der Waals surface area contributed by atoms with Crippen LogP contribution in [0.2, 0.25) is 0 Å². The number of nitrogen functional groups attached to an aromatic ring is 1. The summed E-state index contributed by atoms with van der Waals surface area (Å²) >= 11 is 0. The number of carbonyl (C=O) groups is 1. The SMILES string of the molecule is COCCN(Cc1ccccc1C(=O)NN)C1CC1. The number of methoxy groups -OCH3 is 1. The van der Waals surface area contributed by atoms with Gasteiger partial charge in [0.15, 0.2) is 0 Å². The van der Waals surface area contributed by atoms with Crippen LogP contribution in [-0.4, -0.2) is 37.1 Å². The third kappa shape index (κ3) is 3.76. The molecule has 5 nitrogen and oxygen atoms in total. The summed E-state index contributed by atoms with van der Waals surface area (Å²) in [5, 5.41) is 0. The van der Waals surface area contributed by atoms with Crippen molar-refractivity contribution < 1.29 is 9.53 Å². The average molecular weight is 263 g/mol. The highest BCUT2D eigenvalue weighted by Crippen LogP contribution is 2.28. The van der Waals surface area contributed by atoms with Crippen LogP contribution in [0.25, 0.3) is 0 Å². The highest BCUT2D eigenvalue weighted by atomic mass is 16.5. The van der Waals surface area contributed by atoms with Crippen LogP contribution in [0.15, 0.2) is 24.3 Å².